The van der Waals surface area contributed by atoms with Crippen LogP contribution in [-0.2, 0) is 4.79 Å². The van der Waals surface area contributed by atoms with E-state index >= 15 is 0 Å². The van der Waals surface area contributed by atoms with E-state index in [2.05, 4.69) is 9.97 Å². The van der Waals surface area contributed by atoms with Crippen molar-refractivity contribution in [3.8, 4) is 0 Å². The summed E-state index contributed by atoms with van der Waals surface area (Å²) in [6.45, 7) is 5.08. The van der Waals surface area contributed by atoms with Crippen molar-refractivity contribution in [2.45, 2.75) is 26.7 Å². The normalized spacial score (nSPS) is 12.5. The van der Waals surface area contributed by atoms with Gasteiger partial charge in [0.05, 0.1) is 5.92 Å². The van der Waals surface area contributed by atoms with Gasteiger partial charge in [0, 0.05) is 17.0 Å². The Morgan fingerprint density at radius 1 is 1.36 bits per heavy atom. The van der Waals surface area contributed by atoms with Crippen LogP contribution in [0.25, 0.3) is 0 Å². The largest absolute Gasteiger partial charge is 0.481 e. The minimum atomic E-state index is -0.885. The van der Waals surface area contributed by atoms with E-state index in [0.29, 0.717) is 17.0 Å². The summed E-state index contributed by atoms with van der Waals surface area (Å²) in [4.78, 5) is 18.7. The van der Waals surface area contributed by atoms with E-state index in [1.165, 1.54) is 0 Å². The maximum absolute atomic E-state index is 10.8. The smallest absolute Gasteiger partial charge is 0.310 e. The molecule has 1 atom stereocenters. The zero-order valence-corrected chi connectivity index (χ0v) is 8.40. The molecule has 1 rings (SSSR count). The number of aliphatic carboxylic acids is 1. The lowest BCUT2D eigenvalue weighted by atomic mass is 9.98. The molecule has 1 unspecified atom stereocenters. The van der Waals surface area contributed by atoms with Crippen molar-refractivity contribution < 1.29 is 9.90 Å². The highest BCUT2D eigenvalue weighted by Gasteiger charge is 2.20. The number of aryl methyl sites for hydroxylation is 2. The number of nitrogen functional groups attached to an aromatic ring is 1. The van der Waals surface area contributed by atoms with Crippen LogP contribution in [0.3, 0.4) is 0 Å². The SMILES string of the molecule is Cc1nc(N)nc(C)c1C(C)C(=O)O. The number of carbonyl (C=O) groups is 1. The molecule has 0 aliphatic rings. The zero-order valence-electron chi connectivity index (χ0n) is 8.40. The molecule has 5 heteroatoms. The van der Waals surface area contributed by atoms with E-state index in [1.54, 1.807) is 20.8 Å². The first-order valence-corrected chi connectivity index (χ1v) is 4.27. The Balaban J connectivity index is 3.27. The van der Waals surface area contributed by atoms with Crippen LogP contribution in [0, 0.1) is 13.8 Å². The molecule has 0 spiro atoms. The number of carboxylic acids is 1. The molecule has 0 bridgehead atoms. The molecule has 1 heterocycles. The Kier molecular flexibility index (Phi) is 2.69. The van der Waals surface area contributed by atoms with Crippen molar-refractivity contribution >= 4 is 11.9 Å². The third-order valence-electron chi connectivity index (χ3n) is 2.15. The van der Waals surface area contributed by atoms with Gasteiger partial charge in [0.1, 0.15) is 0 Å². The summed E-state index contributed by atoms with van der Waals surface area (Å²) in [6.07, 6.45) is 0. The Hall–Kier alpha value is -1.65. The Bertz CT molecular complexity index is 353. The van der Waals surface area contributed by atoms with Crippen LogP contribution in [-0.4, -0.2) is 21.0 Å². The van der Waals surface area contributed by atoms with E-state index in [-0.39, 0.29) is 5.95 Å². The lowest BCUT2D eigenvalue weighted by Crippen LogP contribution is -2.14. The van der Waals surface area contributed by atoms with Crippen LogP contribution in [0.15, 0.2) is 0 Å². The Labute approximate surface area is 82.0 Å². The number of nitrogens with zero attached hydrogens (tertiary/aromatic N) is 2. The van der Waals surface area contributed by atoms with Gasteiger partial charge in [-0.1, -0.05) is 0 Å². The van der Waals surface area contributed by atoms with Crippen LogP contribution in [0.2, 0.25) is 0 Å². The minimum absolute atomic E-state index is 0.182. The van der Waals surface area contributed by atoms with E-state index in [0.717, 1.165) is 0 Å². The van der Waals surface area contributed by atoms with Gasteiger partial charge in [0.2, 0.25) is 5.95 Å². The summed E-state index contributed by atoms with van der Waals surface area (Å²) in [5.74, 6) is -1.30. The lowest BCUT2D eigenvalue weighted by Gasteiger charge is -2.12. The third kappa shape index (κ3) is 1.81. The van der Waals surface area contributed by atoms with E-state index in [9.17, 15) is 4.79 Å². The molecule has 1 aromatic rings. The van der Waals surface area contributed by atoms with Gasteiger partial charge < -0.3 is 10.8 Å². The molecule has 0 aliphatic heterocycles. The van der Waals surface area contributed by atoms with Crippen molar-refractivity contribution in [3.63, 3.8) is 0 Å². The summed E-state index contributed by atoms with van der Waals surface area (Å²) < 4.78 is 0. The fourth-order valence-electron chi connectivity index (χ4n) is 1.50. The predicted molar refractivity (Wildman–Crippen MR) is 52.0 cm³/mol. The van der Waals surface area contributed by atoms with Crippen molar-refractivity contribution in [1.82, 2.24) is 9.97 Å². The monoisotopic (exact) mass is 195 g/mol. The number of aromatic nitrogens is 2. The van der Waals surface area contributed by atoms with Gasteiger partial charge in [-0.25, -0.2) is 9.97 Å². The number of hydrogen-bond acceptors (Lipinski definition) is 4. The van der Waals surface area contributed by atoms with Crippen molar-refractivity contribution in [2.75, 3.05) is 5.73 Å². The highest BCUT2D eigenvalue weighted by molar-refractivity contribution is 5.76. The van der Waals surface area contributed by atoms with Gasteiger partial charge in [-0.15, -0.1) is 0 Å². The van der Waals surface area contributed by atoms with Crippen LogP contribution >= 0.6 is 0 Å². The molecular formula is C9H13N3O2. The van der Waals surface area contributed by atoms with Crippen LogP contribution < -0.4 is 5.73 Å². The van der Waals surface area contributed by atoms with E-state index in [1.807, 2.05) is 0 Å². The molecule has 14 heavy (non-hydrogen) atoms. The van der Waals surface area contributed by atoms with Crippen LogP contribution in [0.1, 0.15) is 29.8 Å². The van der Waals surface area contributed by atoms with Gasteiger partial charge in [-0.3, -0.25) is 4.79 Å². The summed E-state index contributed by atoms with van der Waals surface area (Å²) >= 11 is 0. The third-order valence-corrected chi connectivity index (χ3v) is 2.15. The number of rotatable bonds is 2. The highest BCUT2D eigenvalue weighted by atomic mass is 16.4. The number of nitrogens with two attached hydrogens (primary N) is 1. The average Bonchev–Trinajstić information content (AvgIpc) is 2.01. The molecule has 5 nitrogen and oxygen atoms in total. The lowest BCUT2D eigenvalue weighted by molar-refractivity contribution is -0.138. The standard InChI is InChI=1S/C9H13N3O2/c1-4(8(13)14)7-5(2)11-9(10)12-6(7)3/h4H,1-3H3,(H,13,14)(H2,10,11,12). The van der Waals surface area contributed by atoms with Gasteiger partial charge in [-0.05, 0) is 20.8 Å². The molecule has 0 aliphatic carbocycles. The van der Waals surface area contributed by atoms with Crippen LogP contribution in [0.4, 0.5) is 5.95 Å². The topological polar surface area (TPSA) is 89.1 Å². The Morgan fingerprint density at radius 3 is 2.14 bits per heavy atom. The van der Waals surface area contributed by atoms with Gasteiger partial charge in [-0.2, -0.15) is 0 Å². The maximum Gasteiger partial charge on any atom is 0.310 e. The van der Waals surface area contributed by atoms with Crippen molar-refractivity contribution in [3.05, 3.63) is 17.0 Å². The average molecular weight is 195 g/mol. The summed E-state index contributed by atoms with van der Waals surface area (Å²) in [5.41, 5.74) is 7.34. The van der Waals surface area contributed by atoms with Gasteiger partial charge >= 0.3 is 5.97 Å². The van der Waals surface area contributed by atoms with E-state index < -0.39 is 11.9 Å². The second kappa shape index (κ2) is 3.61. The molecule has 0 amide bonds. The summed E-state index contributed by atoms with van der Waals surface area (Å²) in [6, 6.07) is 0. The number of anilines is 1. The van der Waals surface area contributed by atoms with Crippen molar-refractivity contribution in [2.24, 2.45) is 0 Å². The summed E-state index contributed by atoms with van der Waals surface area (Å²) in [5, 5.41) is 8.87. The molecule has 0 fully saturated rings. The molecule has 0 saturated heterocycles. The molecule has 0 aromatic carbocycles. The Morgan fingerprint density at radius 2 is 1.79 bits per heavy atom. The zero-order chi connectivity index (χ0) is 10.9. The molecule has 3 N–H and O–H groups in total. The number of hydrogen-bond donors (Lipinski definition) is 2. The summed E-state index contributed by atoms with van der Waals surface area (Å²) in [7, 11) is 0. The fourth-order valence-corrected chi connectivity index (χ4v) is 1.50. The highest BCUT2D eigenvalue weighted by Crippen LogP contribution is 2.21. The van der Waals surface area contributed by atoms with Gasteiger partial charge in [0.25, 0.3) is 0 Å². The van der Waals surface area contributed by atoms with Crippen LogP contribution in [0.5, 0.6) is 0 Å². The molecule has 76 valence electrons. The fraction of sp³-hybridized carbons (Fsp3) is 0.444. The number of carboxylic acid groups (broad SMARTS) is 1. The van der Waals surface area contributed by atoms with Gasteiger partial charge in [0.15, 0.2) is 0 Å². The molecular weight excluding hydrogens is 182 g/mol. The minimum Gasteiger partial charge on any atom is -0.481 e. The molecule has 0 radical (unpaired) electrons. The van der Waals surface area contributed by atoms with Crippen molar-refractivity contribution in [1.29, 1.82) is 0 Å². The first-order chi connectivity index (χ1) is 6.43. The second-order valence-electron chi connectivity index (χ2n) is 3.23. The first kappa shape index (κ1) is 10.4. The quantitative estimate of drug-likeness (QED) is 0.730. The molecule has 0 saturated carbocycles. The van der Waals surface area contributed by atoms with E-state index in [4.69, 9.17) is 10.8 Å². The predicted octanol–water partition coefficient (Wildman–Crippen LogP) is 0.864. The molecule has 1 aromatic heterocycles. The first-order valence-electron chi connectivity index (χ1n) is 4.27. The second-order valence-corrected chi connectivity index (χ2v) is 3.23. The maximum atomic E-state index is 10.8.